The molecule has 4 heterocycles. The number of carbonyl (C=O) groups excluding carboxylic acids is 2. The number of amides is 2. The van der Waals surface area contributed by atoms with E-state index >= 15 is 0 Å². The second kappa shape index (κ2) is 8.62. The first-order valence-corrected chi connectivity index (χ1v) is 10.5. The van der Waals surface area contributed by atoms with Gasteiger partial charge in [-0.15, -0.1) is 11.3 Å². The van der Waals surface area contributed by atoms with E-state index in [1.807, 2.05) is 25.1 Å². The molecule has 4 rings (SSSR count). The van der Waals surface area contributed by atoms with Crippen LogP contribution >= 0.6 is 11.3 Å². The van der Waals surface area contributed by atoms with Crippen molar-refractivity contribution in [3.8, 4) is 0 Å². The molecule has 1 N–H and O–H groups in total. The Balaban J connectivity index is 1.28. The second-order valence-corrected chi connectivity index (χ2v) is 8.32. The Hall–Kier alpha value is -3.27. The Kier molecular flexibility index (Phi) is 5.75. The van der Waals surface area contributed by atoms with Crippen molar-refractivity contribution in [2.45, 2.75) is 13.5 Å². The highest BCUT2D eigenvalue weighted by Gasteiger charge is 2.22. The molecule has 0 saturated carbocycles. The zero-order chi connectivity index (χ0) is 21.1. The number of rotatable bonds is 5. The van der Waals surface area contributed by atoms with E-state index in [2.05, 4.69) is 20.2 Å². The number of nitrogens with one attached hydrogen (secondary N) is 1. The van der Waals surface area contributed by atoms with Crippen LogP contribution in [0.4, 0.5) is 5.82 Å². The third-order valence-corrected chi connectivity index (χ3v) is 5.96. The van der Waals surface area contributed by atoms with E-state index in [0.29, 0.717) is 36.4 Å². The molecule has 1 fully saturated rings. The van der Waals surface area contributed by atoms with Gasteiger partial charge in [0.2, 0.25) is 11.8 Å². The first-order valence-electron chi connectivity index (χ1n) is 9.67. The Labute approximate surface area is 177 Å². The van der Waals surface area contributed by atoms with Gasteiger partial charge in [0.1, 0.15) is 17.2 Å². The Bertz CT molecular complexity index is 1120. The summed E-state index contributed by atoms with van der Waals surface area (Å²) in [5, 5.41) is 3.12. The van der Waals surface area contributed by atoms with Gasteiger partial charge in [-0.05, 0) is 25.1 Å². The smallest absolute Gasteiger partial charge is 0.262 e. The van der Waals surface area contributed by atoms with E-state index in [9.17, 15) is 14.4 Å². The van der Waals surface area contributed by atoms with Gasteiger partial charge in [0, 0.05) is 37.3 Å². The number of nitrogens with zero attached hydrogens (tertiary/aromatic N) is 5. The molecule has 156 valence electrons. The third kappa shape index (κ3) is 4.33. The summed E-state index contributed by atoms with van der Waals surface area (Å²) in [4.78, 5) is 51.2. The summed E-state index contributed by atoms with van der Waals surface area (Å²) >= 11 is 1.44. The van der Waals surface area contributed by atoms with Crippen molar-refractivity contribution in [1.29, 1.82) is 0 Å². The lowest BCUT2D eigenvalue weighted by atomic mass is 10.3. The fourth-order valence-corrected chi connectivity index (χ4v) is 4.25. The van der Waals surface area contributed by atoms with Crippen LogP contribution in [0, 0.1) is 6.92 Å². The van der Waals surface area contributed by atoms with Gasteiger partial charge in [-0.2, -0.15) is 0 Å². The van der Waals surface area contributed by atoms with Gasteiger partial charge in [-0.1, -0.05) is 6.07 Å². The fourth-order valence-electron chi connectivity index (χ4n) is 3.42. The molecule has 0 aromatic carbocycles. The predicted molar refractivity (Wildman–Crippen MR) is 115 cm³/mol. The topological polar surface area (TPSA) is 100 Å². The highest BCUT2D eigenvalue weighted by Crippen LogP contribution is 2.19. The number of pyridine rings is 1. The molecule has 1 aliphatic heterocycles. The Morgan fingerprint density at radius 2 is 1.97 bits per heavy atom. The van der Waals surface area contributed by atoms with E-state index in [1.165, 1.54) is 22.2 Å². The number of carbonyl (C=O) groups is 2. The molecular formula is C20H22N6O3S. The summed E-state index contributed by atoms with van der Waals surface area (Å²) in [6, 6.07) is 7.53. The number of fused-ring (bicyclic) bond motifs is 1. The van der Waals surface area contributed by atoms with E-state index in [4.69, 9.17) is 0 Å². The number of anilines is 1. The van der Waals surface area contributed by atoms with Crippen LogP contribution in [0.3, 0.4) is 0 Å². The van der Waals surface area contributed by atoms with Crippen LogP contribution in [0.1, 0.15) is 4.88 Å². The van der Waals surface area contributed by atoms with Crippen molar-refractivity contribution in [2.24, 2.45) is 0 Å². The summed E-state index contributed by atoms with van der Waals surface area (Å²) < 4.78 is 1.26. The number of aromatic nitrogens is 3. The van der Waals surface area contributed by atoms with Gasteiger partial charge in [-0.3, -0.25) is 19.0 Å². The zero-order valence-corrected chi connectivity index (χ0v) is 17.4. The van der Waals surface area contributed by atoms with Crippen LogP contribution < -0.4 is 15.8 Å². The van der Waals surface area contributed by atoms with Crippen LogP contribution in [0.15, 0.2) is 41.6 Å². The van der Waals surface area contributed by atoms with E-state index in [1.54, 1.807) is 17.2 Å². The summed E-state index contributed by atoms with van der Waals surface area (Å²) in [7, 11) is 0. The molecule has 30 heavy (non-hydrogen) atoms. The Morgan fingerprint density at radius 3 is 2.70 bits per heavy atom. The molecule has 2 amide bonds. The van der Waals surface area contributed by atoms with Gasteiger partial charge >= 0.3 is 0 Å². The monoisotopic (exact) mass is 426 g/mol. The van der Waals surface area contributed by atoms with Crippen LogP contribution in [0.5, 0.6) is 0 Å². The lowest BCUT2D eigenvalue weighted by Gasteiger charge is -2.35. The van der Waals surface area contributed by atoms with Crippen LogP contribution in [0.25, 0.3) is 10.2 Å². The largest absolute Gasteiger partial charge is 0.353 e. The predicted octanol–water partition coefficient (Wildman–Crippen LogP) is 0.626. The molecule has 3 aromatic heterocycles. The van der Waals surface area contributed by atoms with Gasteiger partial charge in [0.15, 0.2) is 0 Å². The third-order valence-electron chi connectivity index (χ3n) is 5.00. The fraction of sp³-hybridized carbons (Fsp3) is 0.350. The second-order valence-electron chi connectivity index (χ2n) is 7.09. The van der Waals surface area contributed by atoms with Crippen LogP contribution in [0.2, 0.25) is 0 Å². The van der Waals surface area contributed by atoms with Gasteiger partial charge in [0.25, 0.3) is 5.56 Å². The van der Waals surface area contributed by atoms with Gasteiger partial charge < -0.3 is 15.1 Å². The summed E-state index contributed by atoms with van der Waals surface area (Å²) in [5.74, 6) is 0.360. The van der Waals surface area contributed by atoms with Crippen molar-refractivity contribution in [2.75, 3.05) is 37.6 Å². The molecule has 0 unspecified atom stereocenters. The molecular weight excluding hydrogens is 404 g/mol. The normalized spacial score (nSPS) is 14.2. The maximum Gasteiger partial charge on any atom is 0.262 e. The molecule has 0 radical (unpaired) electrons. The number of thiophene rings is 1. The van der Waals surface area contributed by atoms with Crippen molar-refractivity contribution in [3.63, 3.8) is 0 Å². The highest BCUT2D eigenvalue weighted by molar-refractivity contribution is 7.18. The SMILES string of the molecule is Cc1cc2c(=O)n(CC(=O)NCC(=O)N3CCN(c4ccccn4)CC3)cnc2s1. The molecule has 9 nitrogen and oxygen atoms in total. The van der Waals surface area contributed by atoms with Gasteiger partial charge in [0.05, 0.1) is 18.3 Å². The van der Waals surface area contributed by atoms with E-state index < -0.39 is 5.91 Å². The average molecular weight is 427 g/mol. The van der Waals surface area contributed by atoms with Crippen molar-refractivity contribution in [1.82, 2.24) is 24.8 Å². The quantitative estimate of drug-likeness (QED) is 0.642. The average Bonchev–Trinajstić information content (AvgIpc) is 3.16. The molecule has 1 aliphatic rings. The summed E-state index contributed by atoms with van der Waals surface area (Å²) in [6.45, 7) is 4.17. The molecule has 10 heteroatoms. The lowest BCUT2D eigenvalue weighted by Crippen LogP contribution is -2.51. The number of piperazine rings is 1. The first-order chi connectivity index (χ1) is 14.5. The summed E-state index contributed by atoms with van der Waals surface area (Å²) in [5.41, 5.74) is -0.253. The van der Waals surface area contributed by atoms with Crippen LogP contribution in [-0.4, -0.2) is 64.0 Å². The highest BCUT2D eigenvalue weighted by atomic mass is 32.1. The molecule has 1 saturated heterocycles. The minimum absolute atomic E-state index is 0.0929. The maximum absolute atomic E-state index is 12.5. The molecule has 0 atom stereocenters. The zero-order valence-electron chi connectivity index (χ0n) is 16.6. The Morgan fingerprint density at radius 1 is 1.17 bits per heavy atom. The molecule has 0 spiro atoms. The molecule has 3 aromatic rings. The van der Waals surface area contributed by atoms with Gasteiger partial charge in [-0.25, -0.2) is 9.97 Å². The lowest BCUT2D eigenvalue weighted by molar-refractivity contribution is -0.133. The van der Waals surface area contributed by atoms with Crippen molar-refractivity contribution >= 4 is 39.2 Å². The molecule has 0 aliphatic carbocycles. The number of aryl methyl sites for hydroxylation is 1. The number of hydrogen-bond donors (Lipinski definition) is 1. The minimum atomic E-state index is -0.398. The van der Waals surface area contributed by atoms with E-state index in [-0.39, 0.29) is 24.6 Å². The van der Waals surface area contributed by atoms with E-state index in [0.717, 1.165) is 10.7 Å². The standard InChI is InChI=1S/C20H22N6O3S/c1-14-10-15-19(30-14)23-13-26(20(15)29)12-17(27)22-11-18(28)25-8-6-24(7-9-25)16-4-2-3-5-21-16/h2-5,10,13H,6-9,11-12H2,1H3,(H,22,27). The number of hydrogen-bond acceptors (Lipinski definition) is 7. The first kappa shape index (κ1) is 20.0. The van der Waals surface area contributed by atoms with Crippen molar-refractivity contribution in [3.05, 3.63) is 52.0 Å². The summed E-state index contributed by atoms with van der Waals surface area (Å²) in [6.07, 6.45) is 3.12. The minimum Gasteiger partial charge on any atom is -0.353 e. The maximum atomic E-state index is 12.5. The van der Waals surface area contributed by atoms with Crippen molar-refractivity contribution < 1.29 is 9.59 Å². The molecule has 0 bridgehead atoms. The van der Waals surface area contributed by atoms with Crippen LogP contribution in [-0.2, 0) is 16.1 Å².